The second-order valence-corrected chi connectivity index (χ2v) is 4.66. The fraction of sp³-hybridized carbons (Fsp3) is 0.833. The van der Waals surface area contributed by atoms with E-state index in [1.165, 1.54) is 11.8 Å². The van der Waals surface area contributed by atoms with E-state index in [2.05, 4.69) is 0 Å². The minimum absolute atomic E-state index is 0.307. The molecule has 0 heterocycles. The Morgan fingerprint density at radius 3 is 2.92 bits per heavy atom. The van der Waals surface area contributed by atoms with E-state index in [4.69, 9.17) is 21.5 Å². The predicted molar refractivity (Wildman–Crippen MR) is 56.9 cm³/mol. The molecule has 0 spiro atoms. The van der Waals surface area contributed by atoms with Crippen molar-refractivity contribution in [3.8, 4) is 0 Å². The van der Waals surface area contributed by atoms with E-state index in [1.807, 2.05) is 6.92 Å². The molecule has 0 aliphatic rings. The van der Waals surface area contributed by atoms with Crippen LogP contribution in [0.5, 0.6) is 0 Å². The summed E-state index contributed by atoms with van der Waals surface area (Å²) in [5.74, 6) is 1.05. The number of thiocarbonyl (C=S) groups is 1. The summed E-state index contributed by atoms with van der Waals surface area (Å²) in [6.07, 6.45) is 0.682. The Morgan fingerprint density at radius 2 is 2.42 bits per heavy atom. The van der Waals surface area contributed by atoms with Crippen LogP contribution < -0.4 is 0 Å². The quantitative estimate of drug-likeness (QED) is 0.440. The topological polar surface area (TPSA) is 46.5 Å². The van der Waals surface area contributed by atoms with Crippen LogP contribution in [-0.2, 0) is 15.8 Å². The van der Waals surface area contributed by atoms with Crippen LogP contribution in [0.25, 0.3) is 0 Å². The molecule has 0 aliphatic carbocycles. The number of hydrogen-bond donors (Lipinski definition) is 1. The van der Waals surface area contributed by atoms with E-state index in [1.54, 1.807) is 0 Å². The van der Waals surface area contributed by atoms with Gasteiger partial charge in [0.1, 0.15) is 0 Å². The predicted octanol–water partition coefficient (Wildman–Crippen LogP) is 1.65. The lowest BCUT2D eigenvalue weighted by Gasteiger charge is -2.02. The lowest BCUT2D eigenvalue weighted by atomic mass is 10.6. The fourth-order valence-corrected chi connectivity index (χ4v) is 2.10. The first-order chi connectivity index (χ1) is 5.66. The summed E-state index contributed by atoms with van der Waals surface area (Å²) in [7, 11) is 0. The van der Waals surface area contributed by atoms with Crippen molar-refractivity contribution >= 4 is 39.4 Å². The van der Waals surface area contributed by atoms with Crippen molar-refractivity contribution in [1.29, 1.82) is 0 Å². The van der Waals surface area contributed by atoms with E-state index < -0.39 is 11.1 Å². The lowest BCUT2D eigenvalue weighted by Crippen LogP contribution is -2.00. The van der Waals surface area contributed by atoms with Crippen molar-refractivity contribution in [1.82, 2.24) is 0 Å². The van der Waals surface area contributed by atoms with Gasteiger partial charge in [0.05, 0.1) is 12.4 Å². The monoisotopic (exact) mass is 228 g/mol. The molecule has 1 unspecified atom stereocenters. The van der Waals surface area contributed by atoms with Crippen LogP contribution >= 0.6 is 24.0 Å². The highest BCUT2D eigenvalue weighted by Crippen LogP contribution is 2.07. The smallest absolute Gasteiger partial charge is 0.219 e. The minimum atomic E-state index is -1.68. The summed E-state index contributed by atoms with van der Waals surface area (Å²) in [5.41, 5.74) is 0. The first-order valence-electron chi connectivity index (χ1n) is 3.53. The van der Waals surface area contributed by atoms with E-state index in [0.717, 1.165) is 5.75 Å². The van der Waals surface area contributed by atoms with Gasteiger partial charge in [0, 0.05) is 5.75 Å². The molecule has 6 heteroatoms. The molecule has 0 aromatic carbocycles. The van der Waals surface area contributed by atoms with Crippen LogP contribution in [0.4, 0.5) is 0 Å². The summed E-state index contributed by atoms with van der Waals surface area (Å²) in [6, 6.07) is 0. The van der Waals surface area contributed by atoms with Crippen molar-refractivity contribution in [2.24, 2.45) is 0 Å². The van der Waals surface area contributed by atoms with E-state index >= 15 is 0 Å². The van der Waals surface area contributed by atoms with Gasteiger partial charge in [-0.3, -0.25) is 0 Å². The van der Waals surface area contributed by atoms with Crippen LogP contribution in [0.2, 0.25) is 0 Å². The Labute approximate surface area is 84.5 Å². The molecule has 0 fully saturated rings. The van der Waals surface area contributed by atoms with Crippen molar-refractivity contribution in [3.05, 3.63) is 0 Å². The Morgan fingerprint density at radius 1 is 1.75 bits per heavy atom. The molecule has 0 saturated heterocycles. The highest BCUT2D eigenvalue weighted by atomic mass is 32.2. The van der Waals surface area contributed by atoms with Crippen LogP contribution in [-0.4, -0.2) is 31.3 Å². The zero-order valence-electron chi connectivity index (χ0n) is 6.82. The summed E-state index contributed by atoms with van der Waals surface area (Å²) in [6.45, 7) is 2.45. The number of rotatable bonds is 5. The Kier molecular flexibility index (Phi) is 8.20. The zero-order chi connectivity index (χ0) is 9.40. The number of ether oxygens (including phenoxy) is 1. The molecule has 0 bridgehead atoms. The molecule has 0 aliphatic heterocycles. The van der Waals surface area contributed by atoms with Gasteiger partial charge in [0.2, 0.25) is 4.38 Å². The molecular weight excluding hydrogens is 216 g/mol. The average Bonchev–Trinajstić information content (AvgIpc) is 1.98. The molecule has 72 valence electrons. The average molecular weight is 228 g/mol. The third-order valence-electron chi connectivity index (χ3n) is 0.945. The van der Waals surface area contributed by atoms with Crippen molar-refractivity contribution < 1.29 is 13.5 Å². The summed E-state index contributed by atoms with van der Waals surface area (Å²) in [5, 5.41) is 0. The second kappa shape index (κ2) is 7.97. The molecular formula is C6H12O3S3. The van der Waals surface area contributed by atoms with Gasteiger partial charge >= 0.3 is 0 Å². The summed E-state index contributed by atoms with van der Waals surface area (Å²) in [4.78, 5) is 0. The van der Waals surface area contributed by atoms with Gasteiger partial charge in [-0.1, -0.05) is 11.8 Å². The third-order valence-corrected chi connectivity index (χ3v) is 2.90. The molecule has 1 atom stereocenters. The van der Waals surface area contributed by atoms with Crippen LogP contribution in [0.3, 0.4) is 0 Å². The molecule has 0 radical (unpaired) electrons. The van der Waals surface area contributed by atoms with Gasteiger partial charge in [-0.15, -0.1) is 0 Å². The van der Waals surface area contributed by atoms with Gasteiger partial charge in [-0.05, 0) is 25.6 Å². The minimum Gasteiger partial charge on any atom is -0.479 e. The normalized spacial score (nSPS) is 12.5. The van der Waals surface area contributed by atoms with Crippen LogP contribution in [0.15, 0.2) is 0 Å². The Hall–Kier alpha value is 0.350. The Balaban J connectivity index is 3.19. The van der Waals surface area contributed by atoms with Gasteiger partial charge < -0.3 is 9.29 Å². The SMILES string of the molecule is CCOC(=S)SCCCS(=O)O. The zero-order valence-corrected chi connectivity index (χ0v) is 9.27. The van der Waals surface area contributed by atoms with Gasteiger partial charge in [0.25, 0.3) is 0 Å². The molecule has 0 aromatic heterocycles. The Bertz CT molecular complexity index is 160. The molecule has 0 amide bonds. The summed E-state index contributed by atoms with van der Waals surface area (Å²) >= 11 is 4.56. The largest absolute Gasteiger partial charge is 0.479 e. The molecule has 0 aromatic rings. The lowest BCUT2D eigenvalue weighted by molar-refractivity contribution is 0.346. The van der Waals surface area contributed by atoms with Gasteiger partial charge in [-0.25, -0.2) is 4.21 Å². The maximum absolute atomic E-state index is 10.2. The number of hydrogen-bond acceptors (Lipinski definition) is 4. The third kappa shape index (κ3) is 8.45. The first-order valence-corrected chi connectivity index (χ1v) is 6.20. The molecule has 1 N–H and O–H groups in total. The summed E-state index contributed by atoms with van der Waals surface area (Å²) < 4.78 is 24.1. The van der Waals surface area contributed by atoms with Crippen LogP contribution in [0, 0.1) is 0 Å². The fourth-order valence-electron chi connectivity index (χ4n) is 0.497. The van der Waals surface area contributed by atoms with E-state index in [0.29, 0.717) is 23.2 Å². The molecule has 0 saturated carbocycles. The van der Waals surface area contributed by atoms with Gasteiger partial charge in [-0.2, -0.15) is 0 Å². The highest BCUT2D eigenvalue weighted by Gasteiger charge is 1.98. The van der Waals surface area contributed by atoms with Crippen molar-refractivity contribution in [2.75, 3.05) is 18.1 Å². The van der Waals surface area contributed by atoms with Crippen molar-refractivity contribution in [2.45, 2.75) is 13.3 Å². The van der Waals surface area contributed by atoms with Crippen LogP contribution in [0.1, 0.15) is 13.3 Å². The second-order valence-electron chi connectivity index (χ2n) is 1.91. The highest BCUT2D eigenvalue weighted by molar-refractivity contribution is 8.22. The molecule has 3 nitrogen and oxygen atoms in total. The van der Waals surface area contributed by atoms with Gasteiger partial charge in [0.15, 0.2) is 11.1 Å². The maximum Gasteiger partial charge on any atom is 0.219 e. The first kappa shape index (κ1) is 12.3. The molecule has 12 heavy (non-hydrogen) atoms. The molecule has 0 rings (SSSR count). The van der Waals surface area contributed by atoms with Crippen molar-refractivity contribution in [3.63, 3.8) is 0 Å². The van der Waals surface area contributed by atoms with E-state index in [-0.39, 0.29) is 0 Å². The number of thioether (sulfide) groups is 1. The standard InChI is InChI=1S/C6H12O3S3/c1-2-9-6(10)11-4-3-5-12(7)8/h2-5H2,1H3,(H,7,8). The van der Waals surface area contributed by atoms with E-state index in [9.17, 15) is 4.21 Å². The maximum atomic E-state index is 10.2.